The summed E-state index contributed by atoms with van der Waals surface area (Å²) in [5.41, 5.74) is 2.28. The molecule has 1 fully saturated rings. The number of hydrogen-bond acceptors (Lipinski definition) is 2. The van der Waals surface area contributed by atoms with Gasteiger partial charge in [0.15, 0.2) is 0 Å². The minimum absolute atomic E-state index is 0.144. The summed E-state index contributed by atoms with van der Waals surface area (Å²) in [6, 6.07) is 5.71. The minimum atomic E-state index is -0.144. The number of rotatable bonds is 4. The van der Waals surface area contributed by atoms with Crippen LogP contribution in [0.4, 0.5) is 4.39 Å². The van der Waals surface area contributed by atoms with Crippen molar-refractivity contribution in [1.82, 2.24) is 10.2 Å². The molecular formula is C13H19FN2. The Morgan fingerprint density at radius 2 is 2.19 bits per heavy atom. The zero-order valence-corrected chi connectivity index (χ0v) is 9.96. The lowest BCUT2D eigenvalue weighted by Crippen LogP contribution is -2.56. The number of aryl methyl sites for hydroxylation is 1. The largest absolute Gasteiger partial charge is 0.314 e. The predicted octanol–water partition coefficient (Wildman–Crippen LogP) is 1.93. The van der Waals surface area contributed by atoms with Crippen LogP contribution in [0.15, 0.2) is 18.2 Å². The molecule has 0 saturated carbocycles. The Morgan fingerprint density at radius 1 is 1.44 bits per heavy atom. The van der Waals surface area contributed by atoms with Crippen LogP contribution in [0.5, 0.6) is 0 Å². The molecule has 0 radical (unpaired) electrons. The van der Waals surface area contributed by atoms with Gasteiger partial charge in [0.05, 0.1) is 0 Å². The van der Waals surface area contributed by atoms with Crippen molar-refractivity contribution < 1.29 is 4.39 Å². The van der Waals surface area contributed by atoms with E-state index in [0.717, 1.165) is 31.7 Å². The molecule has 0 aliphatic carbocycles. The minimum Gasteiger partial charge on any atom is -0.314 e. The van der Waals surface area contributed by atoms with E-state index < -0.39 is 0 Å². The third kappa shape index (κ3) is 2.42. The lowest BCUT2D eigenvalue weighted by Gasteiger charge is -2.37. The van der Waals surface area contributed by atoms with E-state index >= 15 is 0 Å². The van der Waals surface area contributed by atoms with Crippen molar-refractivity contribution in [3.8, 4) is 0 Å². The molecular weight excluding hydrogens is 203 g/mol. The van der Waals surface area contributed by atoms with Gasteiger partial charge in [0.1, 0.15) is 5.82 Å². The molecule has 2 rings (SSSR count). The van der Waals surface area contributed by atoms with E-state index in [4.69, 9.17) is 0 Å². The summed E-state index contributed by atoms with van der Waals surface area (Å²) in [7, 11) is 0. The fourth-order valence-corrected chi connectivity index (χ4v) is 2.09. The average molecular weight is 222 g/mol. The van der Waals surface area contributed by atoms with Crippen LogP contribution >= 0.6 is 0 Å². The van der Waals surface area contributed by atoms with Gasteiger partial charge >= 0.3 is 0 Å². The zero-order chi connectivity index (χ0) is 11.5. The summed E-state index contributed by atoms with van der Waals surface area (Å²) in [6.07, 6.45) is 0. The predicted molar refractivity (Wildman–Crippen MR) is 63.9 cm³/mol. The fourth-order valence-electron chi connectivity index (χ4n) is 2.09. The Balaban J connectivity index is 2.06. The molecule has 0 bridgehead atoms. The molecule has 3 heteroatoms. The van der Waals surface area contributed by atoms with Crippen LogP contribution < -0.4 is 5.32 Å². The highest BCUT2D eigenvalue weighted by Crippen LogP contribution is 2.15. The molecule has 1 saturated heterocycles. The molecule has 0 aromatic heterocycles. The van der Waals surface area contributed by atoms with Crippen molar-refractivity contribution in [3.05, 3.63) is 35.1 Å². The Labute approximate surface area is 96.5 Å². The Morgan fingerprint density at radius 3 is 2.69 bits per heavy atom. The van der Waals surface area contributed by atoms with Crippen LogP contribution in [0, 0.1) is 12.7 Å². The highest BCUT2D eigenvalue weighted by molar-refractivity contribution is 5.26. The first-order chi connectivity index (χ1) is 7.70. The van der Waals surface area contributed by atoms with Crippen molar-refractivity contribution in [2.24, 2.45) is 0 Å². The molecule has 0 atom stereocenters. The number of hydrogen-bond donors (Lipinski definition) is 1. The van der Waals surface area contributed by atoms with Crippen molar-refractivity contribution in [3.63, 3.8) is 0 Å². The summed E-state index contributed by atoms with van der Waals surface area (Å²) in [4.78, 5) is 2.44. The van der Waals surface area contributed by atoms with Crippen LogP contribution in [0.25, 0.3) is 0 Å². The second-order valence-corrected chi connectivity index (χ2v) is 4.45. The normalized spacial score (nSPS) is 16.5. The van der Waals surface area contributed by atoms with Gasteiger partial charge in [-0.05, 0) is 36.7 Å². The van der Waals surface area contributed by atoms with Gasteiger partial charge in [-0.25, -0.2) is 4.39 Å². The third-order valence-corrected chi connectivity index (χ3v) is 3.36. The first-order valence-corrected chi connectivity index (χ1v) is 5.90. The van der Waals surface area contributed by atoms with Gasteiger partial charge in [-0.2, -0.15) is 0 Å². The van der Waals surface area contributed by atoms with E-state index in [0.29, 0.717) is 6.04 Å². The number of benzene rings is 1. The smallest absolute Gasteiger partial charge is 0.123 e. The Bertz CT molecular complexity index is 361. The van der Waals surface area contributed by atoms with Crippen molar-refractivity contribution in [2.45, 2.75) is 26.4 Å². The standard InChI is InChI=1S/C13H19FN2/c1-3-16(13-7-15-8-13)9-11-4-5-12(14)6-10(11)2/h4-6,13,15H,3,7-9H2,1-2H3. The first-order valence-electron chi connectivity index (χ1n) is 5.90. The van der Waals surface area contributed by atoms with Crippen LogP contribution in [0.2, 0.25) is 0 Å². The number of halogens is 1. The molecule has 1 aromatic rings. The maximum absolute atomic E-state index is 13.0. The SMILES string of the molecule is CCN(Cc1ccc(F)cc1C)C1CNC1. The van der Waals surface area contributed by atoms with Gasteiger partial charge in [0.2, 0.25) is 0 Å². The monoisotopic (exact) mass is 222 g/mol. The lowest BCUT2D eigenvalue weighted by molar-refractivity contribution is 0.145. The molecule has 1 aliphatic rings. The van der Waals surface area contributed by atoms with Crippen LogP contribution in [-0.4, -0.2) is 30.6 Å². The number of nitrogens with one attached hydrogen (secondary N) is 1. The average Bonchev–Trinajstić information content (AvgIpc) is 2.18. The maximum atomic E-state index is 13.0. The fraction of sp³-hybridized carbons (Fsp3) is 0.538. The molecule has 88 valence electrons. The van der Waals surface area contributed by atoms with E-state index in [2.05, 4.69) is 17.1 Å². The van der Waals surface area contributed by atoms with E-state index in [1.807, 2.05) is 13.0 Å². The Hall–Kier alpha value is -0.930. The highest BCUT2D eigenvalue weighted by atomic mass is 19.1. The van der Waals surface area contributed by atoms with Crippen molar-refractivity contribution >= 4 is 0 Å². The number of nitrogens with zero attached hydrogens (tertiary/aromatic N) is 1. The molecule has 16 heavy (non-hydrogen) atoms. The Kier molecular flexibility index (Phi) is 3.56. The second-order valence-electron chi connectivity index (χ2n) is 4.45. The first kappa shape index (κ1) is 11.6. The molecule has 1 heterocycles. The van der Waals surface area contributed by atoms with Crippen LogP contribution in [0.1, 0.15) is 18.1 Å². The highest BCUT2D eigenvalue weighted by Gasteiger charge is 2.23. The van der Waals surface area contributed by atoms with E-state index in [1.54, 1.807) is 12.1 Å². The van der Waals surface area contributed by atoms with Crippen molar-refractivity contribution in [2.75, 3.05) is 19.6 Å². The summed E-state index contributed by atoms with van der Waals surface area (Å²) in [5.74, 6) is -0.144. The van der Waals surface area contributed by atoms with E-state index in [9.17, 15) is 4.39 Å². The lowest BCUT2D eigenvalue weighted by atomic mass is 10.1. The third-order valence-electron chi connectivity index (χ3n) is 3.36. The van der Waals surface area contributed by atoms with Crippen LogP contribution in [0.3, 0.4) is 0 Å². The topological polar surface area (TPSA) is 15.3 Å². The molecule has 0 unspecified atom stereocenters. The maximum Gasteiger partial charge on any atom is 0.123 e. The molecule has 1 aliphatic heterocycles. The van der Waals surface area contributed by atoms with Gasteiger partial charge in [0, 0.05) is 25.7 Å². The summed E-state index contributed by atoms with van der Waals surface area (Å²) in [6.45, 7) is 8.28. The van der Waals surface area contributed by atoms with Gasteiger partial charge < -0.3 is 5.32 Å². The van der Waals surface area contributed by atoms with Gasteiger partial charge in [-0.3, -0.25) is 4.90 Å². The zero-order valence-electron chi connectivity index (χ0n) is 9.96. The van der Waals surface area contributed by atoms with E-state index in [1.165, 1.54) is 5.56 Å². The molecule has 1 N–H and O–H groups in total. The summed E-state index contributed by atoms with van der Waals surface area (Å²) in [5, 5.41) is 3.28. The van der Waals surface area contributed by atoms with Gasteiger partial charge in [0.25, 0.3) is 0 Å². The van der Waals surface area contributed by atoms with Crippen LogP contribution in [-0.2, 0) is 6.54 Å². The number of likely N-dealkylation sites (N-methyl/N-ethyl adjacent to an activating group) is 1. The molecule has 2 nitrogen and oxygen atoms in total. The quantitative estimate of drug-likeness (QED) is 0.837. The van der Waals surface area contributed by atoms with Crippen molar-refractivity contribution in [1.29, 1.82) is 0 Å². The van der Waals surface area contributed by atoms with E-state index in [-0.39, 0.29) is 5.82 Å². The molecule has 1 aromatic carbocycles. The van der Waals surface area contributed by atoms with Gasteiger partial charge in [-0.15, -0.1) is 0 Å². The summed E-state index contributed by atoms with van der Waals surface area (Å²) >= 11 is 0. The summed E-state index contributed by atoms with van der Waals surface area (Å²) < 4.78 is 13.0. The molecule has 0 amide bonds. The molecule has 0 spiro atoms. The van der Waals surface area contributed by atoms with Gasteiger partial charge in [-0.1, -0.05) is 13.0 Å². The second kappa shape index (κ2) is 4.93.